The van der Waals surface area contributed by atoms with E-state index in [1.807, 2.05) is 32.0 Å². The van der Waals surface area contributed by atoms with Gasteiger partial charge in [0.15, 0.2) is 0 Å². The van der Waals surface area contributed by atoms with Gasteiger partial charge in [0, 0.05) is 12.0 Å². The maximum atomic E-state index is 11.0. The molecule has 0 saturated carbocycles. The lowest BCUT2D eigenvalue weighted by molar-refractivity contribution is -0.140. The van der Waals surface area contributed by atoms with Crippen molar-refractivity contribution < 1.29 is 19.4 Å². The molecule has 0 amide bonds. The number of carbonyl (C=O) groups is 1. The number of ether oxygens (including phenoxy) is 2. The SMILES string of the molecule is CCOc1ccc(C)cc1C(O)CCCC(=O)OC. The Morgan fingerprint density at radius 1 is 1.42 bits per heavy atom. The molecule has 19 heavy (non-hydrogen) atoms. The van der Waals surface area contributed by atoms with Gasteiger partial charge in [-0.1, -0.05) is 11.6 Å². The van der Waals surface area contributed by atoms with Gasteiger partial charge in [-0.05, 0) is 38.8 Å². The van der Waals surface area contributed by atoms with Crippen LogP contribution >= 0.6 is 0 Å². The van der Waals surface area contributed by atoms with Gasteiger partial charge in [-0.15, -0.1) is 0 Å². The van der Waals surface area contributed by atoms with Crippen molar-refractivity contribution in [2.75, 3.05) is 13.7 Å². The fraction of sp³-hybridized carbons (Fsp3) is 0.533. The van der Waals surface area contributed by atoms with E-state index in [0.29, 0.717) is 31.6 Å². The lowest BCUT2D eigenvalue weighted by Gasteiger charge is -2.16. The van der Waals surface area contributed by atoms with Gasteiger partial charge < -0.3 is 14.6 Å². The number of rotatable bonds is 7. The maximum Gasteiger partial charge on any atom is 0.305 e. The molecule has 0 aromatic heterocycles. The summed E-state index contributed by atoms with van der Waals surface area (Å²) in [5.41, 5.74) is 1.86. The van der Waals surface area contributed by atoms with Crippen LogP contribution in [0.3, 0.4) is 0 Å². The molecule has 0 radical (unpaired) electrons. The number of esters is 1. The van der Waals surface area contributed by atoms with Crippen LogP contribution in [-0.2, 0) is 9.53 Å². The molecule has 1 unspecified atom stereocenters. The summed E-state index contributed by atoms with van der Waals surface area (Å²) in [5, 5.41) is 10.2. The summed E-state index contributed by atoms with van der Waals surface area (Å²) in [6, 6.07) is 5.75. The molecule has 1 N–H and O–H groups in total. The molecule has 1 aromatic carbocycles. The number of carbonyl (C=O) groups excluding carboxylic acids is 1. The van der Waals surface area contributed by atoms with Crippen molar-refractivity contribution in [1.82, 2.24) is 0 Å². The van der Waals surface area contributed by atoms with Crippen molar-refractivity contribution in [3.8, 4) is 5.75 Å². The van der Waals surface area contributed by atoms with Gasteiger partial charge >= 0.3 is 5.97 Å². The molecule has 0 aliphatic heterocycles. The van der Waals surface area contributed by atoms with Crippen molar-refractivity contribution >= 4 is 5.97 Å². The minimum atomic E-state index is -0.619. The topological polar surface area (TPSA) is 55.8 Å². The highest BCUT2D eigenvalue weighted by Crippen LogP contribution is 2.29. The van der Waals surface area contributed by atoms with Gasteiger partial charge in [-0.2, -0.15) is 0 Å². The molecule has 0 saturated heterocycles. The van der Waals surface area contributed by atoms with E-state index in [9.17, 15) is 9.90 Å². The van der Waals surface area contributed by atoms with Crippen LogP contribution in [0, 0.1) is 6.92 Å². The lowest BCUT2D eigenvalue weighted by atomic mass is 10.0. The normalized spacial score (nSPS) is 12.0. The van der Waals surface area contributed by atoms with Crippen molar-refractivity contribution in [3.63, 3.8) is 0 Å². The van der Waals surface area contributed by atoms with E-state index in [0.717, 1.165) is 11.1 Å². The number of hydrogen-bond acceptors (Lipinski definition) is 4. The van der Waals surface area contributed by atoms with E-state index in [1.54, 1.807) is 0 Å². The number of benzene rings is 1. The minimum absolute atomic E-state index is 0.249. The molecule has 0 bridgehead atoms. The van der Waals surface area contributed by atoms with Crippen LogP contribution in [-0.4, -0.2) is 24.8 Å². The van der Waals surface area contributed by atoms with Crippen LogP contribution in [0.1, 0.15) is 43.4 Å². The first-order valence-electron chi connectivity index (χ1n) is 6.56. The summed E-state index contributed by atoms with van der Waals surface area (Å²) < 4.78 is 10.1. The molecule has 1 atom stereocenters. The number of hydrogen-bond donors (Lipinski definition) is 1. The molecule has 0 spiro atoms. The van der Waals surface area contributed by atoms with E-state index >= 15 is 0 Å². The number of aliphatic hydroxyl groups is 1. The Morgan fingerprint density at radius 2 is 2.16 bits per heavy atom. The van der Waals surface area contributed by atoms with E-state index in [-0.39, 0.29) is 5.97 Å². The smallest absolute Gasteiger partial charge is 0.305 e. The number of aryl methyl sites for hydroxylation is 1. The molecular weight excluding hydrogens is 244 g/mol. The van der Waals surface area contributed by atoms with E-state index in [4.69, 9.17) is 4.74 Å². The second-order valence-corrected chi connectivity index (χ2v) is 4.46. The lowest BCUT2D eigenvalue weighted by Crippen LogP contribution is -2.05. The number of methoxy groups -OCH3 is 1. The Hall–Kier alpha value is -1.55. The van der Waals surface area contributed by atoms with Crippen LogP contribution in [0.5, 0.6) is 5.75 Å². The standard InChI is InChI=1S/C15H22O4/c1-4-19-14-9-8-11(2)10-12(14)13(16)6-5-7-15(17)18-3/h8-10,13,16H,4-7H2,1-3H3. The summed E-state index contributed by atoms with van der Waals surface area (Å²) in [7, 11) is 1.37. The Labute approximate surface area is 114 Å². The highest BCUT2D eigenvalue weighted by Gasteiger charge is 2.14. The summed E-state index contributed by atoms with van der Waals surface area (Å²) in [6.45, 7) is 4.44. The quantitative estimate of drug-likeness (QED) is 0.771. The van der Waals surface area contributed by atoms with E-state index in [2.05, 4.69) is 4.74 Å². The second-order valence-electron chi connectivity index (χ2n) is 4.46. The van der Waals surface area contributed by atoms with Gasteiger partial charge in [-0.25, -0.2) is 0 Å². The average Bonchev–Trinajstić information content (AvgIpc) is 2.40. The van der Waals surface area contributed by atoms with Crippen LogP contribution in [0.2, 0.25) is 0 Å². The zero-order valence-electron chi connectivity index (χ0n) is 11.8. The molecule has 1 aromatic rings. The van der Waals surface area contributed by atoms with Crippen LogP contribution in [0.4, 0.5) is 0 Å². The molecule has 4 heteroatoms. The molecule has 0 heterocycles. The largest absolute Gasteiger partial charge is 0.493 e. The molecular formula is C15H22O4. The van der Waals surface area contributed by atoms with Crippen molar-refractivity contribution in [3.05, 3.63) is 29.3 Å². The van der Waals surface area contributed by atoms with E-state index in [1.165, 1.54) is 7.11 Å². The predicted molar refractivity (Wildman–Crippen MR) is 73.2 cm³/mol. The molecule has 0 aliphatic rings. The van der Waals surface area contributed by atoms with Gasteiger partial charge in [0.2, 0.25) is 0 Å². The highest BCUT2D eigenvalue weighted by atomic mass is 16.5. The van der Waals surface area contributed by atoms with Crippen LogP contribution in [0.25, 0.3) is 0 Å². The summed E-state index contributed by atoms with van der Waals surface area (Å²) in [5.74, 6) is 0.458. The molecule has 106 valence electrons. The maximum absolute atomic E-state index is 11.0. The third-order valence-electron chi connectivity index (χ3n) is 2.91. The summed E-state index contributed by atoms with van der Waals surface area (Å²) >= 11 is 0. The Balaban J connectivity index is 2.66. The first-order chi connectivity index (χ1) is 9.08. The van der Waals surface area contributed by atoms with Crippen LogP contribution < -0.4 is 4.74 Å². The zero-order valence-corrected chi connectivity index (χ0v) is 11.8. The zero-order chi connectivity index (χ0) is 14.3. The second kappa shape index (κ2) is 7.79. The van der Waals surface area contributed by atoms with Gasteiger partial charge in [0.05, 0.1) is 19.8 Å². The minimum Gasteiger partial charge on any atom is -0.493 e. The molecule has 1 rings (SSSR count). The Bertz CT molecular complexity index is 415. The third-order valence-corrected chi connectivity index (χ3v) is 2.91. The Kier molecular flexibility index (Phi) is 6.36. The van der Waals surface area contributed by atoms with Crippen molar-refractivity contribution in [1.29, 1.82) is 0 Å². The van der Waals surface area contributed by atoms with Gasteiger partial charge in [0.25, 0.3) is 0 Å². The van der Waals surface area contributed by atoms with Crippen molar-refractivity contribution in [2.24, 2.45) is 0 Å². The van der Waals surface area contributed by atoms with Gasteiger partial charge in [-0.3, -0.25) is 4.79 Å². The first-order valence-corrected chi connectivity index (χ1v) is 6.56. The van der Waals surface area contributed by atoms with Crippen LogP contribution in [0.15, 0.2) is 18.2 Å². The Morgan fingerprint density at radius 3 is 2.79 bits per heavy atom. The fourth-order valence-electron chi connectivity index (χ4n) is 1.91. The third kappa shape index (κ3) is 4.91. The first kappa shape index (κ1) is 15.5. The van der Waals surface area contributed by atoms with Gasteiger partial charge in [0.1, 0.15) is 5.75 Å². The summed E-state index contributed by atoms with van der Waals surface area (Å²) in [6.07, 6.45) is 0.807. The molecule has 0 aliphatic carbocycles. The number of aliphatic hydroxyl groups excluding tert-OH is 1. The van der Waals surface area contributed by atoms with E-state index < -0.39 is 6.10 Å². The molecule has 0 fully saturated rings. The average molecular weight is 266 g/mol. The predicted octanol–water partition coefficient (Wildman–Crippen LogP) is 2.77. The highest BCUT2D eigenvalue weighted by molar-refractivity contribution is 5.69. The van der Waals surface area contributed by atoms with Crippen molar-refractivity contribution in [2.45, 2.75) is 39.2 Å². The summed E-state index contributed by atoms with van der Waals surface area (Å²) in [4.78, 5) is 11.0. The monoisotopic (exact) mass is 266 g/mol. The molecule has 4 nitrogen and oxygen atoms in total. The fourth-order valence-corrected chi connectivity index (χ4v) is 1.91.